The molecule has 0 aliphatic heterocycles. The average molecular weight is 397 g/mol. The number of rotatable bonds is 3. The second-order valence-electron chi connectivity index (χ2n) is 5.00. The average Bonchev–Trinajstić information content (AvgIpc) is 3.29. The van der Waals surface area contributed by atoms with Gasteiger partial charge in [0.25, 0.3) is 11.8 Å². The van der Waals surface area contributed by atoms with Crippen molar-refractivity contribution in [3.05, 3.63) is 64.0 Å². The van der Waals surface area contributed by atoms with E-state index < -0.39 is 23.6 Å². The highest BCUT2D eigenvalue weighted by atomic mass is 32.1. The first-order chi connectivity index (χ1) is 12.3. The van der Waals surface area contributed by atoms with Crippen LogP contribution in [0.3, 0.4) is 0 Å². The quantitative estimate of drug-likeness (QED) is 0.657. The number of thiophene rings is 1. The standard InChI is InChI=1S/C16H10F3N3O2S2/c17-16(18,19)10-5-3-9(4-6-10)13(23)21-22-14(24)11-8-26-15(20-11)12-2-1-7-25-12/h1-8H,(H,21,23)(H,22,24). The van der Waals surface area contributed by atoms with Gasteiger partial charge in [-0.1, -0.05) is 6.07 Å². The lowest BCUT2D eigenvalue weighted by Gasteiger charge is -2.08. The Kier molecular flexibility index (Phi) is 5.05. The summed E-state index contributed by atoms with van der Waals surface area (Å²) >= 11 is 2.78. The Morgan fingerprint density at radius 3 is 2.27 bits per heavy atom. The fourth-order valence-electron chi connectivity index (χ4n) is 1.95. The van der Waals surface area contributed by atoms with Crippen molar-refractivity contribution >= 4 is 34.5 Å². The zero-order valence-corrected chi connectivity index (χ0v) is 14.5. The normalized spacial score (nSPS) is 11.2. The minimum Gasteiger partial charge on any atom is -0.267 e. The van der Waals surface area contributed by atoms with Crippen LogP contribution in [-0.4, -0.2) is 16.8 Å². The van der Waals surface area contributed by atoms with Gasteiger partial charge in [0.15, 0.2) is 0 Å². The maximum Gasteiger partial charge on any atom is 0.416 e. The molecule has 26 heavy (non-hydrogen) atoms. The van der Waals surface area contributed by atoms with Crippen molar-refractivity contribution in [3.8, 4) is 9.88 Å². The van der Waals surface area contributed by atoms with E-state index in [0.717, 1.165) is 29.1 Å². The summed E-state index contributed by atoms with van der Waals surface area (Å²) in [5.74, 6) is -1.36. The van der Waals surface area contributed by atoms with E-state index in [1.807, 2.05) is 17.5 Å². The molecular formula is C16H10F3N3O2S2. The van der Waals surface area contributed by atoms with Gasteiger partial charge >= 0.3 is 6.18 Å². The zero-order valence-electron chi connectivity index (χ0n) is 12.8. The number of hydrogen-bond donors (Lipinski definition) is 2. The van der Waals surface area contributed by atoms with Gasteiger partial charge in [-0.15, -0.1) is 22.7 Å². The van der Waals surface area contributed by atoms with Gasteiger partial charge in [0.2, 0.25) is 0 Å². The molecule has 0 saturated carbocycles. The number of alkyl halides is 3. The highest BCUT2D eigenvalue weighted by Crippen LogP contribution is 2.29. The van der Waals surface area contributed by atoms with Crippen molar-refractivity contribution in [3.63, 3.8) is 0 Å². The SMILES string of the molecule is O=C(NNC(=O)c1csc(-c2cccs2)n1)c1ccc(C(F)(F)F)cc1. The van der Waals surface area contributed by atoms with E-state index in [1.165, 1.54) is 22.7 Å². The number of nitrogens with one attached hydrogen (secondary N) is 2. The fourth-order valence-corrected chi connectivity index (χ4v) is 3.57. The van der Waals surface area contributed by atoms with Crippen LogP contribution in [0.1, 0.15) is 26.4 Å². The molecule has 2 amide bonds. The van der Waals surface area contributed by atoms with Gasteiger partial charge < -0.3 is 0 Å². The Morgan fingerprint density at radius 2 is 1.65 bits per heavy atom. The highest BCUT2D eigenvalue weighted by molar-refractivity contribution is 7.20. The molecule has 0 fully saturated rings. The lowest BCUT2D eigenvalue weighted by molar-refractivity contribution is -0.137. The molecule has 0 unspecified atom stereocenters. The number of carbonyl (C=O) groups is 2. The zero-order chi connectivity index (χ0) is 18.7. The second-order valence-corrected chi connectivity index (χ2v) is 6.80. The highest BCUT2D eigenvalue weighted by Gasteiger charge is 2.30. The molecule has 0 aliphatic rings. The van der Waals surface area contributed by atoms with Gasteiger partial charge in [-0.05, 0) is 35.7 Å². The number of benzene rings is 1. The molecule has 1 aromatic carbocycles. The summed E-state index contributed by atoms with van der Waals surface area (Å²) in [6.45, 7) is 0. The molecule has 2 heterocycles. The van der Waals surface area contributed by atoms with Gasteiger partial charge in [-0.25, -0.2) is 4.98 Å². The summed E-state index contributed by atoms with van der Waals surface area (Å²) in [6, 6.07) is 7.39. The van der Waals surface area contributed by atoms with Crippen LogP contribution in [-0.2, 0) is 6.18 Å². The predicted octanol–water partition coefficient (Wildman–Crippen LogP) is 3.97. The Bertz CT molecular complexity index is 919. The summed E-state index contributed by atoms with van der Waals surface area (Å²) in [5, 5.41) is 4.12. The number of thiazole rings is 1. The number of aromatic nitrogens is 1. The summed E-state index contributed by atoms with van der Waals surface area (Å²) in [6.07, 6.45) is -4.48. The molecule has 10 heteroatoms. The maximum atomic E-state index is 12.5. The molecule has 3 aromatic rings. The summed E-state index contributed by atoms with van der Waals surface area (Å²) < 4.78 is 37.5. The van der Waals surface area contributed by atoms with Crippen molar-refractivity contribution in [2.24, 2.45) is 0 Å². The molecule has 3 rings (SSSR count). The Hall–Kier alpha value is -2.72. The van der Waals surface area contributed by atoms with Crippen molar-refractivity contribution in [2.75, 3.05) is 0 Å². The first-order valence-corrected chi connectivity index (χ1v) is 8.88. The molecule has 0 aliphatic carbocycles. The number of carbonyl (C=O) groups excluding carboxylic acids is 2. The Labute approximate surface area is 153 Å². The largest absolute Gasteiger partial charge is 0.416 e. The molecule has 0 atom stereocenters. The van der Waals surface area contributed by atoms with E-state index in [-0.39, 0.29) is 11.3 Å². The van der Waals surface area contributed by atoms with Gasteiger partial charge in [-0.3, -0.25) is 20.4 Å². The lowest BCUT2D eigenvalue weighted by Crippen LogP contribution is -2.41. The third kappa shape index (κ3) is 4.09. The second kappa shape index (κ2) is 7.26. The van der Waals surface area contributed by atoms with E-state index in [9.17, 15) is 22.8 Å². The third-order valence-corrected chi connectivity index (χ3v) is 5.11. The molecule has 2 N–H and O–H groups in total. The number of halogens is 3. The summed E-state index contributed by atoms with van der Waals surface area (Å²) in [7, 11) is 0. The number of hydrazine groups is 1. The summed E-state index contributed by atoms with van der Waals surface area (Å²) in [5.41, 5.74) is 3.59. The monoisotopic (exact) mass is 397 g/mol. The molecule has 134 valence electrons. The Morgan fingerprint density at radius 1 is 0.962 bits per heavy atom. The van der Waals surface area contributed by atoms with E-state index in [2.05, 4.69) is 15.8 Å². The lowest BCUT2D eigenvalue weighted by atomic mass is 10.1. The van der Waals surface area contributed by atoms with Gasteiger partial charge in [0.1, 0.15) is 10.7 Å². The summed E-state index contributed by atoms with van der Waals surface area (Å²) in [4.78, 5) is 29.0. The van der Waals surface area contributed by atoms with Crippen molar-refractivity contribution in [1.29, 1.82) is 0 Å². The smallest absolute Gasteiger partial charge is 0.267 e. The molecule has 0 spiro atoms. The van der Waals surface area contributed by atoms with Crippen molar-refractivity contribution in [1.82, 2.24) is 15.8 Å². The minimum absolute atomic E-state index is 0.0177. The molecule has 2 aromatic heterocycles. The number of amides is 2. The first-order valence-electron chi connectivity index (χ1n) is 7.12. The predicted molar refractivity (Wildman–Crippen MR) is 91.8 cm³/mol. The first kappa shape index (κ1) is 18.1. The van der Waals surface area contributed by atoms with Crippen LogP contribution in [0, 0.1) is 0 Å². The van der Waals surface area contributed by atoms with Gasteiger partial charge in [0, 0.05) is 10.9 Å². The molecule has 0 saturated heterocycles. The third-order valence-electron chi connectivity index (χ3n) is 3.23. The van der Waals surface area contributed by atoms with Crippen LogP contribution in [0.15, 0.2) is 47.2 Å². The Balaban J connectivity index is 1.60. The molecular weight excluding hydrogens is 387 g/mol. The minimum atomic E-state index is -4.48. The van der Waals surface area contributed by atoms with Gasteiger partial charge in [0.05, 0.1) is 10.4 Å². The topological polar surface area (TPSA) is 71.1 Å². The van der Waals surface area contributed by atoms with Crippen LogP contribution in [0.25, 0.3) is 9.88 Å². The van der Waals surface area contributed by atoms with E-state index in [1.54, 1.807) is 5.38 Å². The molecule has 5 nitrogen and oxygen atoms in total. The maximum absolute atomic E-state index is 12.5. The number of nitrogens with zero attached hydrogens (tertiary/aromatic N) is 1. The van der Waals surface area contributed by atoms with Crippen LogP contribution in [0.4, 0.5) is 13.2 Å². The van der Waals surface area contributed by atoms with Crippen LogP contribution < -0.4 is 10.9 Å². The van der Waals surface area contributed by atoms with Crippen LogP contribution >= 0.6 is 22.7 Å². The van der Waals surface area contributed by atoms with E-state index >= 15 is 0 Å². The number of hydrogen-bond acceptors (Lipinski definition) is 5. The van der Waals surface area contributed by atoms with Crippen LogP contribution in [0.5, 0.6) is 0 Å². The van der Waals surface area contributed by atoms with E-state index in [4.69, 9.17) is 0 Å². The van der Waals surface area contributed by atoms with E-state index in [0.29, 0.717) is 5.01 Å². The molecule has 0 radical (unpaired) electrons. The molecule has 0 bridgehead atoms. The van der Waals surface area contributed by atoms with Crippen molar-refractivity contribution in [2.45, 2.75) is 6.18 Å². The van der Waals surface area contributed by atoms with Gasteiger partial charge in [-0.2, -0.15) is 13.2 Å². The van der Waals surface area contributed by atoms with Crippen LogP contribution in [0.2, 0.25) is 0 Å². The van der Waals surface area contributed by atoms with Crippen molar-refractivity contribution < 1.29 is 22.8 Å². The fraction of sp³-hybridized carbons (Fsp3) is 0.0625.